The summed E-state index contributed by atoms with van der Waals surface area (Å²) in [5.41, 5.74) is 1.94. The van der Waals surface area contributed by atoms with Gasteiger partial charge in [-0.25, -0.2) is 4.98 Å². The largest absolute Gasteiger partial charge is 0.439 e. The molecule has 20 heavy (non-hydrogen) atoms. The molecular formula is C16H21ClN2O. The van der Waals surface area contributed by atoms with Crippen molar-refractivity contribution in [1.29, 1.82) is 0 Å². The lowest BCUT2D eigenvalue weighted by molar-refractivity contribution is 0.286. The van der Waals surface area contributed by atoms with Crippen LogP contribution < -0.4 is 0 Å². The smallest absolute Gasteiger partial charge is 0.209 e. The Morgan fingerprint density at radius 2 is 1.95 bits per heavy atom. The maximum atomic E-state index is 5.91. The fraction of sp³-hybridized carbons (Fsp3) is 0.438. The van der Waals surface area contributed by atoms with E-state index >= 15 is 0 Å². The molecule has 0 aliphatic rings. The molecule has 1 aromatic heterocycles. The van der Waals surface area contributed by atoms with Crippen molar-refractivity contribution in [3.8, 4) is 11.3 Å². The summed E-state index contributed by atoms with van der Waals surface area (Å²) in [5.74, 6) is 1.60. The van der Waals surface area contributed by atoms with Crippen molar-refractivity contribution in [2.24, 2.45) is 0 Å². The maximum Gasteiger partial charge on any atom is 0.209 e. The highest BCUT2D eigenvalue weighted by Crippen LogP contribution is 2.26. The molecule has 2 aromatic rings. The summed E-state index contributed by atoms with van der Waals surface area (Å²) in [6, 6.07) is 7.65. The van der Waals surface area contributed by atoms with E-state index in [1.807, 2.05) is 31.2 Å². The second-order valence-corrected chi connectivity index (χ2v) is 5.56. The Balaban J connectivity index is 2.11. The van der Waals surface area contributed by atoms with Gasteiger partial charge in [-0.3, -0.25) is 4.90 Å². The predicted molar refractivity (Wildman–Crippen MR) is 82.9 cm³/mol. The molecule has 0 amide bonds. The molecule has 2 rings (SSSR count). The molecule has 0 aliphatic heterocycles. The Morgan fingerprint density at radius 1 is 1.25 bits per heavy atom. The standard InChI is InChI=1S/C16H21ClN2O/c1-4-5-10-19(3)11-15-18-12(2)16(20-15)13-6-8-14(17)9-7-13/h6-9H,4-5,10-11H2,1-3H3. The Morgan fingerprint density at radius 3 is 2.60 bits per heavy atom. The monoisotopic (exact) mass is 292 g/mol. The lowest BCUT2D eigenvalue weighted by Crippen LogP contribution is -2.19. The highest BCUT2D eigenvalue weighted by molar-refractivity contribution is 6.30. The maximum absolute atomic E-state index is 5.91. The topological polar surface area (TPSA) is 29.3 Å². The van der Waals surface area contributed by atoms with Crippen LogP contribution in [0.2, 0.25) is 5.02 Å². The first kappa shape index (κ1) is 15.1. The molecular weight excluding hydrogens is 272 g/mol. The van der Waals surface area contributed by atoms with Crippen LogP contribution in [0.5, 0.6) is 0 Å². The minimum Gasteiger partial charge on any atom is -0.439 e. The summed E-state index contributed by atoms with van der Waals surface area (Å²) in [5, 5.41) is 0.727. The van der Waals surface area contributed by atoms with Crippen molar-refractivity contribution in [2.45, 2.75) is 33.2 Å². The molecule has 0 bridgehead atoms. The summed E-state index contributed by atoms with van der Waals surface area (Å²) in [6.07, 6.45) is 2.39. The van der Waals surface area contributed by atoms with E-state index in [0.717, 1.165) is 41.0 Å². The van der Waals surface area contributed by atoms with Gasteiger partial charge < -0.3 is 4.42 Å². The molecule has 0 aliphatic carbocycles. The third kappa shape index (κ3) is 3.84. The van der Waals surface area contributed by atoms with E-state index < -0.39 is 0 Å². The van der Waals surface area contributed by atoms with Crippen LogP contribution in [0, 0.1) is 6.92 Å². The molecule has 4 heteroatoms. The fourth-order valence-corrected chi connectivity index (χ4v) is 2.25. The zero-order valence-electron chi connectivity index (χ0n) is 12.3. The van der Waals surface area contributed by atoms with E-state index in [-0.39, 0.29) is 0 Å². The molecule has 0 atom stereocenters. The fourth-order valence-electron chi connectivity index (χ4n) is 2.13. The number of aromatic nitrogens is 1. The third-order valence-corrected chi connectivity index (χ3v) is 3.50. The number of unbranched alkanes of at least 4 members (excludes halogenated alkanes) is 1. The van der Waals surface area contributed by atoms with Gasteiger partial charge in [-0.15, -0.1) is 0 Å². The predicted octanol–water partition coefficient (Wildman–Crippen LogP) is 4.54. The molecule has 3 nitrogen and oxygen atoms in total. The van der Waals surface area contributed by atoms with Crippen molar-refractivity contribution in [1.82, 2.24) is 9.88 Å². The van der Waals surface area contributed by atoms with Crippen molar-refractivity contribution in [3.05, 3.63) is 40.9 Å². The molecule has 0 N–H and O–H groups in total. The summed E-state index contributed by atoms with van der Waals surface area (Å²) in [4.78, 5) is 6.75. The SMILES string of the molecule is CCCCN(C)Cc1nc(C)c(-c2ccc(Cl)cc2)o1. The zero-order chi connectivity index (χ0) is 14.5. The van der Waals surface area contributed by atoms with Gasteiger partial charge in [0.25, 0.3) is 0 Å². The third-order valence-electron chi connectivity index (χ3n) is 3.25. The molecule has 0 spiro atoms. The first-order chi connectivity index (χ1) is 9.60. The van der Waals surface area contributed by atoms with E-state index in [2.05, 4.69) is 23.9 Å². The van der Waals surface area contributed by atoms with Crippen molar-refractivity contribution >= 4 is 11.6 Å². The number of halogens is 1. The first-order valence-electron chi connectivity index (χ1n) is 7.01. The normalized spacial score (nSPS) is 11.2. The van der Waals surface area contributed by atoms with Gasteiger partial charge in [0.15, 0.2) is 5.76 Å². The second-order valence-electron chi connectivity index (χ2n) is 5.12. The highest BCUT2D eigenvalue weighted by atomic mass is 35.5. The molecule has 0 saturated carbocycles. The van der Waals surface area contributed by atoms with Crippen LogP contribution in [-0.4, -0.2) is 23.5 Å². The van der Waals surface area contributed by atoms with Crippen molar-refractivity contribution in [2.75, 3.05) is 13.6 Å². The van der Waals surface area contributed by atoms with Crippen molar-refractivity contribution < 1.29 is 4.42 Å². The van der Waals surface area contributed by atoms with Crippen LogP contribution in [0.25, 0.3) is 11.3 Å². The van der Waals surface area contributed by atoms with Gasteiger partial charge in [-0.2, -0.15) is 0 Å². The number of nitrogens with zero attached hydrogens (tertiary/aromatic N) is 2. The Labute approximate surface area is 125 Å². The number of hydrogen-bond donors (Lipinski definition) is 0. The van der Waals surface area contributed by atoms with Gasteiger partial charge in [-0.1, -0.05) is 24.9 Å². The van der Waals surface area contributed by atoms with Crippen LogP contribution in [0.3, 0.4) is 0 Å². The van der Waals surface area contributed by atoms with Gasteiger partial charge >= 0.3 is 0 Å². The molecule has 0 fully saturated rings. The minimum absolute atomic E-state index is 0.727. The lowest BCUT2D eigenvalue weighted by Gasteiger charge is -2.13. The summed E-state index contributed by atoms with van der Waals surface area (Å²) >= 11 is 5.91. The molecule has 1 heterocycles. The summed E-state index contributed by atoms with van der Waals surface area (Å²) < 4.78 is 5.90. The van der Waals surface area contributed by atoms with E-state index in [1.54, 1.807) is 0 Å². The minimum atomic E-state index is 0.727. The Bertz CT molecular complexity index is 548. The lowest BCUT2D eigenvalue weighted by atomic mass is 10.1. The van der Waals surface area contributed by atoms with Crippen LogP contribution >= 0.6 is 11.6 Å². The van der Waals surface area contributed by atoms with Crippen LogP contribution in [0.4, 0.5) is 0 Å². The summed E-state index contributed by atoms with van der Waals surface area (Å²) in [6.45, 7) is 5.98. The van der Waals surface area contributed by atoms with Gasteiger partial charge in [0.05, 0.1) is 12.2 Å². The average Bonchev–Trinajstić information content (AvgIpc) is 2.78. The van der Waals surface area contributed by atoms with E-state index in [0.29, 0.717) is 0 Å². The van der Waals surface area contributed by atoms with Crippen LogP contribution in [-0.2, 0) is 6.54 Å². The van der Waals surface area contributed by atoms with E-state index in [1.165, 1.54) is 12.8 Å². The van der Waals surface area contributed by atoms with E-state index in [9.17, 15) is 0 Å². The average molecular weight is 293 g/mol. The quantitative estimate of drug-likeness (QED) is 0.783. The van der Waals surface area contributed by atoms with Crippen molar-refractivity contribution in [3.63, 3.8) is 0 Å². The van der Waals surface area contributed by atoms with Gasteiger partial charge in [0.1, 0.15) is 0 Å². The molecule has 0 unspecified atom stereocenters. The second kappa shape index (κ2) is 6.91. The van der Waals surface area contributed by atoms with Crippen LogP contribution in [0.15, 0.2) is 28.7 Å². The molecule has 108 valence electrons. The first-order valence-corrected chi connectivity index (χ1v) is 7.38. The number of hydrogen-bond acceptors (Lipinski definition) is 3. The van der Waals surface area contributed by atoms with Gasteiger partial charge in [0, 0.05) is 10.6 Å². The highest BCUT2D eigenvalue weighted by Gasteiger charge is 2.13. The molecule has 0 radical (unpaired) electrons. The van der Waals surface area contributed by atoms with E-state index in [4.69, 9.17) is 16.0 Å². The summed E-state index contributed by atoms with van der Waals surface area (Å²) in [7, 11) is 2.09. The van der Waals surface area contributed by atoms with Gasteiger partial charge in [0.2, 0.25) is 5.89 Å². The Hall–Kier alpha value is -1.32. The van der Waals surface area contributed by atoms with Gasteiger partial charge in [-0.05, 0) is 51.2 Å². The molecule has 0 saturated heterocycles. The van der Waals surface area contributed by atoms with Crippen LogP contribution in [0.1, 0.15) is 31.4 Å². The number of rotatable bonds is 6. The molecule has 1 aromatic carbocycles. The Kier molecular flexibility index (Phi) is 5.21. The number of oxazole rings is 1. The zero-order valence-corrected chi connectivity index (χ0v) is 13.1. The number of benzene rings is 1. The number of aryl methyl sites for hydroxylation is 1.